The Labute approximate surface area is 103 Å². The summed E-state index contributed by atoms with van der Waals surface area (Å²) < 4.78 is 10.8. The van der Waals surface area contributed by atoms with Crippen LogP contribution < -0.4 is 12.4 Å². The second kappa shape index (κ2) is 11.1. The van der Waals surface area contributed by atoms with E-state index in [1.54, 1.807) is 0 Å². The summed E-state index contributed by atoms with van der Waals surface area (Å²) in [6.45, 7) is 5.53. The van der Waals surface area contributed by atoms with E-state index >= 15 is 0 Å². The van der Waals surface area contributed by atoms with Crippen molar-refractivity contribution in [2.45, 2.75) is 38.4 Å². The molecule has 1 fully saturated rings. The van der Waals surface area contributed by atoms with Gasteiger partial charge in [-0.15, -0.1) is 0 Å². The van der Waals surface area contributed by atoms with Crippen LogP contribution in [0.4, 0.5) is 0 Å². The van der Waals surface area contributed by atoms with Crippen molar-refractivity contribution in [3.8, 4) is 0 Å². The van der Waals surface area contributed by atoms with E-state index in [0.717, 1.165) is 32.5 Å². The zero-order valence-corrected chi connectivity index (χ0v) is 10.3. The first kappa shape index (κ1) is 16.4. The largest absolute Gasteiger partial charge is 2.00 e. The Morgan fingerprint density at radius 1 is 1.15 bits per heavy atom. The number of hydrogen-bond donors (Lipinski definition) is 0. The summed E-state index contributed by atoms with van der Waals surface area (Å²) in [5, 5.41) is 0. The Bertz CT molecular complexity index is 97.6. The van der Waals surface area contributed by atoms with Crippen LogP contribution >= 0.6 is 0 Å². The molecule has 0 atom stereocenters. The minimum Gasteiger partial charge on any atom is -1.00 e. The maximum absolute atomic E-state index is 5.38. The fourth-order valence-electron chi connectivity index (χ4n) is 1.19. The molecule has 1 aliphatic heterocycles. The van der Waals surface area contributed by atoms with E-state index in [9.17, 15) is 0 Å². The van der Waals surface area contributed by atoms with Crippen LogP contribution in [0.1, 0.15) is 32.1 Å². The number of hydrogen-bond acceptors (Lipinski definition) is 2. The van der Waals surface area contributed by atoms with Gasteiger partial charge in [-0.3, -0.25) is 0 Å². The number of rotatable bonds is 4. The molecule has 0 saturated carbocycles. The molecular formula is C9H17ClMgO2. The van der Waals surface area contributed by atoms with E-state index in [4.69, 9.17) is 9.47 Å². The maximum atomic E-state index is 5.38. The number of ether oxygens (including phenoxy) is 2. The third-order valence-electron chi connectivity index (χ3n) is 1.84. The van der Waals surface area contributed by atoms with Crippen molar-refractivity contribution >= 4 is 23.1 Å². The summed E-state index contributed by atoms with van der Waals surface area (Å²) in [5.41, 5.74) is 0. The second-order valence-corrected chi connectivity index (χ2v) is 2.87. The molecule has 0 spiro atoms. The second-order valence-electron chi connectivity index (χ2n) is 2.87. The van der Waals surface area contributed by atoms with Gasteiger partial charge >= 0.3 is 23.1 Å². The summed E-state index contributed by atoms with van der Waals surface area (Å²) in [7, 11) is 0. The van der Waals surface area contributed by atoms with Gasteiger partial charge in [-0.2, -0.15) is 6.42 Å². The van der Waals surface area contributed by atoms with Gasteiger partial charge in [-0.1, -0.05) is 12.8 Å². The quantitative estimate of drug-likeness (QED) is 0.333. The summed E-state index contributed by atoms with van der Waals surface area (Å²) in [4.78, 5) is 0. The van der Waals surface area contributed by atoms with Gasteiger partial charge in [0.25, 0.3) is 0 Å². The molecular weight excluding hydrogens is 200 g/mol. The van der Waals surface area contributed by atoms with Crippen LogP contribution in [0.3, 0.4) is 0 Å². The molecule has 1 rings (SSSR count). The predicted molar refractivity (Wildman–Crippen MR) is 49.9 cm³/mol. The van der Waals surface area contributed by atoms with Crippen molar-refractivity contribution in [1.29, 1.82) is 0 Å². The third-order valence-corrected chi connectivity index (χ3v) is 1.84. The minimum atomic E-state index is 0. The van der Waals surface area contributed by atoms with E-state index in [2.05, 4.69) is 6.92 Å². The normalized spacial score (nSPS) is 17.3. The molecule has 0 unspecified atom stereocenters. The zero-order chi connectivity index (χ0) is 7.94. The van der Waals surface area contributed by atoms with Crippen molar-refractivity contribution < 1.29 is 21.9 Å². The summed E-state index contributed by atoms with van der Waals surface area (Å²) in [5.74, 6) is 0. The minimum absolute atomic E-state index is 0. The Kier molecular flexibility index (Phi) is 14.0. The van der Waals surface area contributed by atoms with Gasteiger partial charge in [-0.05, 0) is 12.8 Å². The SMILES string of the molecule is [CH2-]CCCCC1OCCCO1.[Cl-].[Mg+2]. The Morgan fingerprint density at radius 3 is 2.31 bits per heavy atom. The standard InChI is InChI=1S/C9H17O2.ClH.Mg/c1-2-3-4-6-9-10-7-5-8-11-9;;/h9H,1-8H2;1H;/q-1;;+2/p-1. The molecule has 1 saturated heterocycles. The third kappa shape index (κ3) is 8.00. The Morgan fingerprint density at radius 2 is 1.77 bits per heavy atom. The van der Waals surface area contributed by atoms with Crippen molar-refractivity contribution in [1.82, 2.24) is 0 Å². The van der Waals surface area contributed by atoms with E-state index in [-0.39, 0.29) is 41.7 Å². The van der Waals surface area contributed by atoms with Gasteiger partial charge in [0.15, 0.2) is 6.29 Å². The molecule has 0 amide bonds. The Balaban J connectivity index is 0. The summed E-state index contributed by atoms with van der Waals surface area (Å²) in [6.07, 6.45) is 5.54. The fourth-order valence-corrected chi connectivity index (χ4v) is 1.19. The van der Waals surface area contributed by atoms with Crippen molar-refractivity contribution in [3.63, 3.8) is 0 Å². The first-order valence-electron chi connectivity index (χ1n) is 4.46. The topological polar surface area (TPSA) is 18.5 Å². The molecule has 74 valence electrons. The monoisotopic (exact) mass is 216 g/mol. The average molecular weight is 217 g/mol. The van der Waals surface area contributed by atoms with Crippen LogP contribution in [0.25, 0.3) is 0 Å². The molecule has 0 N–H and O–H groups in total. The molecule has 0 aromatic carbocycles. The van der Waals surface area contributed by atoms with Crippen molar-refractivity contribution in [2.24, 2.45) is 0 Å². The molecule has 1 heterocycles. The number of halogens is 1. The molecule has 0 aliphatic carbocycles. The molecule has 4 heteroatoms. The van der Waals surface area contributed by atoms with Crippen LogP contribution in [0.2, 0.25) is 0 Å². The van der Waals surface area contributed by atoms with Gasteiger partial charge < -0.3 is 28.8 Å². The van der Waals surface area contributed by atoms with Gasteiger partial charge in [0.2, 0.25) is 0 Å². The van der Waals surface area contributed by atoms with Crippen LogP contribution in [-0.2, 0) is 9.47 Å². The Hall–Kier alpha value is 0.976. The molecule has 2 nitrogen and oxygen atoms in total. The number of unbranched alkanes of at least 4 members (excludes halogenated alkanes) is 2. The molecule has 0 aromatic rings. The van der Waals surface area contributed by atoms with E-state index in [1.807, 2.05) is 0 Å². The van der Waals surface area contributed by atoms with Crippen molar-refractivity contribution in [3.05, 3.63) is 6.92 Å². The maximum Gasteiger partial charge on any atom is 2.00 e. The first-order valence-corrected chi connectivity index (χ1v) is 4.46. The van der Waals surface area contributed by atoms with Gasteiger partial charge in [0.05, 0.1) is 13.2 Å². The zero-order valence-electron chi connectivity index (χ0n) is 8.14. The summed E-state index contributed by atoms with van der Waals surface area (Å²) in [6, 6.07) is 0. The van der Waals surface area contributed by atoms with Crippen molar-refractivity contribution in [2.75, 3.05) is 13.2 Å². The molecule has 0 bridgehead atoms. The predicted octanol–water partition coefficient (Wildman–Crippen LogP) is -1.23. The smallest absolute Gasteiger partial charge is 1.00 e. The van der Waals surface area contributed by atoms with E-state index in [0.29, 0.717) is 0 Å². The van der Waals surface area contributed by atoms with Gasteiger partial charge in [0.1, 0.15) is 0 Å². The van der Waals surface area contributed by atoms with Crippen LogP contribution in [0.5, 0.6) is 0 Å². The molecule has 0 aromatic heterocycles. The molecule has 13 heavy (non-hydrogen) atoms. The average Bonchev–Trinajstić information content (AvgIpc) is 2.07. The first-order chi connectivity index (χ1) is 5.43. The molecule has 0 radical (unpaired) electrons. The molecule has 1 aliphatic rings. The van der Waals surface area contributed by atoms with E-state index in [1.165, 1.54) is 12.8 Å². The van der Waals surface area contributed by atoms with Crippen LogP contribution in [-0.4, -0.2) is 42.6 Å². The fraction of sp³-hybridized carbons (Fsp3) is 0.889. The van der Waals surface area contributed by atoms with Gasteiger partial charge in [-0.25, -0.2) is 0 Å². The van der Waals surface area contributed by atoms with Gasteiger partial charge in [0, 0.05) is 0 Å². The van der Waals surface area contributed by atoms with Crippen LogP contribution in [0.15, 0.2) is 0 Å². The van der Waals surface area contributed by atoms with E-state index < -0.39 is 0 Å². The summed E-state index contributed by atoms with van der Waals surface area (Å²) >= 11 is 0. The van der Waals surface area contributed by atoms with Crippen LogP contribution in [0, 0.1) is 6.92 Å².